The molecule has 0 saturated heterocycles. The van der Waals surface area contributed by atoms with Gasteiger partial charge in [-0.1, -0.05) is 29.5 Å². The van der Waals surface area contributed by atoms with Crippen LogP contribution in [0.15, 0.2) is 48.5 Å². The van der Waals surface area contributed by atoms with Crippen LogP contribution in [0.1, 0.15) is 25.7 Å². The van der Waals surface area contributed by atoms with E-state index in [0.717, 1.165) is 16.9 Å². The van der Waals surface area contributed by atoms with Gasteiger partial charge in [0, 0.05) is 25.0 Å². The van der Waals surface area contributed by atoms with Crippen molar-refractivity contribution in [2.24, 2.45) is 0 Å². The van der Waals surface area contributed by atoms with Gasteiger partial charge in [-0.15, -0.1) is 0 Å². The minimum atomic E-state index is -0.335. The van der Waals surface area contributed by atoms with Gasteiger partial charge in [0.1, 0.15) is 4.88 Å². The molecule has 8 nitrogen and oxygen atoms in total. The van der Waals surface area contributed by atoms with Crippen LogP contribution in [0.5, 0.6) is 11.5 Å². The van der Waals surface area contributed by atoms with Crippen molar-refractivity contribution in [3.63, 3.8) is 0 Å². The molecule has 0 radical (unpaired) electrons. The SMILES string of the molecule is COc1ccc(-c2cc(C(=O)Nc3nc(C)c(C(=O)N(C)C)s3)c3ccccc3n2)cc1OC. The smallest absolute Gasteiger partial charge is 0.265 e. The highest BCUT2D eigenvalue weighted by Crippen LogP contribution is 2.33. The number of nitrogens with one attached hydrogen (secondary N) is 1. The molecule has 2 heterocycles. The molecule has 9 heteroatoms. The third kappa shape index (κ3) is 4.42. The van der Waals surface area contributed by atoms with Crippen LogP contribution in [0.2, 0.25) is 0 Å². The van der Waals surface area contributed by atoms with Crippen molar-refractivity contribution in [2.75, 3.05) is 33.6 Å². The lowest BCUT2D eigenvalue weighted by atomic mass is 10.0. The predicted octanol–water partition coefficient (Wildman–Crippen LogP) is 4.64. The summed E-state index contributed by atoms with van der Waals surface area (Å²) in [5.74, 6) is 0.683. The second-order valence-corrected chi connectivity index (χ2v) is 8.73. The van der Waals surface area contributed by atoms with Crippen LogP contribution >= 0.6 is 11.3 Å². The molecule has 0 saturated carbocycles. The van der Waals surface area contributed by atoms with Gasteiger partial charge in [0.15, 0.2) is 16.6 Å². The van der Waals surface area contributed by atoms with E-state index in [4.69, 9.17) is 14.5 Å². The van der Waals surface area contributed by atoms with Crippen LogP contribution in [0.3, 0.4) is 0 Å². The van der Waals surface area contributed by atoms with Gasteiger partial charge in [-0.3, -0.25) is 14.9 Å². The zero-order chi connectivity index (χ0) is 24.4. The number of fused-ring (bicyclic) bond motifs is 1. The number of hydrogen-bond donors (Lipinski definition) is 1. The molecular formula is C25H24N4O4S. The summed E-state index contributed by atoms with van der Waals surface area (Å²) in [6.45, 7) is 1.75. The largest absolute Gasteiger partial charge is 0.493 e. The van der Waals surface area contributed by atoms with E-state index in [9.17, 15) is 9.59 Å². The van der Waals surface area contributed by atoms with Crippen LogP contribution in [-0.2, 0) is 0 Å². The fourth-order valence-electron chi connectivity index (χ4n) is 3.52. The number of aryl methyl sites for hydroxylation is 1. The first-order valence-electron chi connectivity index (χ1n) is 10.4. The number of para-hydroxylation sites is 1. The minimum Gasteiger partial charge on any atom is -0.493 e. The molecule has 4 rings (SSSR count). The Morgan fingerprint density at radius 3 is 2.41 bits per heavy atom. The van der Waals surface area contributed by atoms with E-state index in [2.05, 4.69) is 10.3 Å². The molecule has 0 aliphatic heterocycles. The van der Waals surface area contributed by atoms with Gasteiger partial charge in [0.2, 0.25) is 0 Å². The number of nitrogens with zero attached hydrogens (tertiary/aromatic N) is 3. The number of pyridine rings is 1. The van der Waals surface area contributed by atoms with Gasteiger partial charge in [-0.05, 0) is 37.3 Å². The minimum absolute atomic E-state index is 0.152. The van der Waals surface area contributed by atoms with Crippen molar-refractivity contribution in [1.29, 1.82) is 0 Å². The first kappa shape index (κ1) is 23.2. The van der Waals surface area contributed by atoms with Gasteiger partial charge >= 0.3 is 0 Å². The number of thiazole rings is 1. The van der Waals surface area contributed by atoms with Crippen LogP contribution in [0.25, 0.3) is 22.2 Å². The molecule has 2 aromatic carbocycles. The summed E-state index contributed by atoms with van der Waals surface area (Å²) in [5.41, 5.74) is 3.09. The van der Waals surface area contributed by atoms with E-state index in [1.165, 1.54) is 4.90 Å². The molecule has 0 unspecified atom stereocenters. The Labute approximate surface area is 201 Å². The number of amides is 2. The molecule has 0 aliphatic carbocycles. The maximum absolute atomic E-state index is 13.3. The standard InChI is InChI=1S/C25H24N4O4S/c1-14-22(24(31)29(2)3)34-25(26-14)28-23(30)17-13-19(27-18-9-7-6-8-16(17)18)15-10-11-20(32-4)21(12-15)33-5/h6-13H,1-5H3,(H,26,28,30). The highest BCUT2D eigenvalue weighted by molar-refractivity contribution is 7.17. The topological polar surface area (TPSA) is 93.6 Å². The number of methoxy groups -OCH3 is 2. The molecule has 34 heavy (non-hydrogen) atoms. The molecule has 174 valence electrons. The van der Waals surface area contributed by atoms with Crippen molar-refractivity contribution >= 4 is 39.2 Å². The van der Waals surface area contributed by atoms with Gasteiger partial charge in [0.25, 0.3) is 11.8 Å². The van der Waals surface area contributed by atoms with E-state index in [-0.39, 0.29) is 11.8 Å². The Bertz CT molecular complexity index is 1400. The Morgan fingerprint density at radius 1 is 0.971 bits per heavy atom. The van der Waals surface area contributed by atoms with Gasteiger partial charge in [0.05, 0.1) is 36.7 Å². The molecule has 0 atom stereocenters. The summed E-state index contributed by atoms with van der Waals surface area (Å²) < 4.78 is 10.7. The molecule has 1 N–H and O–H groups in total. The number of rotatable bonds is 6. The molecule has 0 bridgehead atoms. The Hall–Kier alpha value is -3.98. The summed E-state index contributed by atoms with van der Waals surface area (Å²) in [6.07, 6.45) is 0. The summed E-state index contributed by atoms with van der Waals surface area (Å²) in [5, 5.41) is 3.92. The summed E-state index contributed by atoms with van der Waals surface area (Å²) >= 11 is 1.15. The zero-order valence-electron chi connectivity index (χ0n) is 19.5. The zero-order valence-corrected chi connectivity index (χ0v) is 20.3. The van der Waals surface area contributed by atoms with E-state index in [1.807, 2.05) is 36.4 Å². The fourth-order valence-corrected chi connectivity index (χ4v) is 4.51. The monoisotopic (exact) mass is 476 g/mol. The molecule has 2 aromatic heterocycles. The van der Waals surface area contributed by atoms with Gasteiger partial charge in [-0.2, -0.15) is 0 Å². The Balaban J connectivity index is 1.75. The Morgan fingerprint density at radius 2 is 1.71 bits per heavy atom. The van der Waals surface area contributed by atoms with Crippen LogP contribution in [0, 0.1) is 6.92 Å². The Kier molecular flexibility index (Phi) is 6.47. The maximum Gasteiger partial charge on any atom is 0.265 e. The van der Waals surface area contributed by atoms with Crippen molar-refractivity contribution < 1.29 is 19.1 Å². The molecule has 0 fully saturated rings. The van der Waals surface area contributed by atoms with Gasteiger partial charge < -0.3 is 14.4 Å². The third-order valence-electron chi connectivity index (χ3n) is 5.26. The van der Waals surface area contributed by atoms with E-state index in [0.29, 0.717) is 49.4 Å². The van der Waals surface area contributed by atoms with Crippen LogP contribution in [0.4, 0.5) is 5.13 Å². The number of carbonyl (C=O) groups excluding carboxylic acids is 2. The first-order valence-corrected chi connectivity index (χ1v) is 11.3. The number of anilines is 1. The second kappa shape index (κ2) is 9.48. The summed E-state index contributed by atoms with van der Waals surface area (Å²) in [4.78, 5) is 36.8. The lowest BCUT2D eigenvalue weighted by Gasteiger charge is -2.12. The number of hydrogen-bond acceptors (Lipinski definition) is 7. The average molecular weight is 477 g/mol. The third-order valence-corrected chi connectivity index (χ3v) is 6.32. The number of ether oxygens (including phenoxy) is 2. The normalized spacial score (nSPS) is 10.7. The first-order chi connectivity index (χ1) is 16.3. The number of benzene rings is 2. The fraction of sp³-hybridized carbons (Fsp3) is 0.200. The number of aromatic nitrogens is 2. The summed E-state index contributed by atoms with van der Waals surface area (Å²) in [6, 6.07) is 14.7. The lowest BCUT2D eigenvalue weighted by molar-refractivity contribution is 0.0831. The van der Waals surface area contributed by atoms with Crippen LogP contribution in [-0.4, -0.2) is 55.0 Å². The second-order valence-electron chi connectivity index (χ2n) is 7.73. The molecule has 0 aliphatic rings. The van der Waals surface area contributed by atoms with Crippen molar-refractivity contribution in [1.82, 2.24) is 14.9 Å². The van der Waals surface area contributed by atoms with Gasteiger partial charge in [-0.25, -0.2) is 9.97 Å². The van der Waals surface area contributed by atoms with E-state index in [1.54, 1.807) is 47.4 Å². The lowest BCUT2D eigenvalue weighted by Crippen LogP contribution is -2.21. The van der Waals surface area contributed by atoms with Crippen molar-refractivity contribution in [3.8, 4) is 22.8 Å². The maximum atomic E-state index is 13.3. The number of carbonyl (C=O) groups is 2. The highest BCUT2D eigenvalue weighted by Gasteiger charge is 2.20. The van der Waals surface area contributed by atoms with Crippen molar-refractivity contribution in [3.05, 3.63) is 64.7 Å². The van der Waals surface area contributed by atoms with Crippen molar-refractivity contribution in [2.45, 2.75) is 6.92 Å². The van der Waals surface area contributed by atoms with E-state index >= 15 is 0 Å². The molecule has 2 amide bonds. The summed E-state index contributed by atoms with van der Waals surface area (Å²) in [7, 11) is 6.50. The quantitative estimate of drug-likeness (QED) is 0.436. The molecule has 4 aromatic rings. The predicted molar refractivity (Wildman–Crippen MR) is 133 cm³/mol. The highest BCUT2D eigenvalue weighted by atomic mass is 32.1. The molecular weight excluding hydrogens is 452 g/mol. The van der Waals surface area contributed by atoms with E-state index < -0.39 is 0 Å². The average Bonchev–Trinajstić information content (AvgIpc) is 3.21. The molecule has 0 spiro atoms. The van der Waals surface area contributed by atoms with Crippen LogP contribution < -0.4 is 14.8 Å².